The van der Waals surface area contributed by atoms with Gasteiger partial charge >= 0.3 is 5.97 Å². The molecule has 9 amide bonds. The number of piperidine rings is 1. The van der Waals surface area contributed by atoms with E-state index in [9.17, 15) is 63.9 Å². The number of allylic oxidation sites excluding steroid dienone is 1. The lowest BCUT2D eigenvalue weighted by atomic mass is 9.78. The first-order valence-electron chi connectivity index (χ1n) is 33.0. The molecule has 0 spiro atoms. The molecule has 1 saturated heterocycles. The van der Waals surface area contributed by atoms with Gasteiger partial charge < -0.3 is 78.5 Å². The summed E-state index contributed by atoms with van der Waals surface area (Å²) in [7, 11) is 0. The van der Waals surface area contributed by atoms with Gasteiger partial charge in [-0.2, -0.15) is 0 Å². The van der Waals surface area contributed by atoms with Crippen molar-refractivity contribution in [3.05, 3.63) is 133 Å². The third-order valence-electron chi connectivity index (χ3n) is 18.4. The lowest BCUT2D eigenvalue weighted by Crippen LogP contribution is -2.61. The van der Waals surface area contributed by atoms with Gasteiger partial charge in [-0.3, -0.25) is 53.8 Å². The van der Waals surface area contributed by atoms with Crippen molar-refractivity contribution < 1.29 is 78.2 Å². The number of hydrogen-bond donors (Lipinski definition) is 16. The zero-order chi connectivity index (χ0) is 75.7. The van der Waals surface area contributed by atoms with Crippen LogP contribution < -0.4 is 58.9 Å². The van der Waals surface area contributed by atoms with Crippen LogP contribution in [0.15, 0.2) is 57.4 Å². The van der Waals surface area contributed by atoms with E-state index in [1.165, 1.54) is 82.1 Å². The SMILES string of the molecule is C=C1NC(=O)[C@H](C)NC(=O)[C@H]([C@@H](C)CC)NC2C=Cc3c([C@H](C)O)cc(nc3[C@H]2O)C(=O)O[C@H](C)[C@@H]2NC(=O)c3csc(n3)[C@H]([C@](C)(O)[C@@H](C)O)NC(=O)c3csc(n3)/C(=C/C)NC(=O)[C@H]([C@@H](C)O)NC(=O)c3csc(n3)C3(CCC(c4nc(C(N)=O)cs4)N[C@@H]3c3csc2n3)NC(=O)[C@H](C)NC1=O. The van der Waals surface area contributed by atoms with Crippen molar-refractivity contribution in [3.8, 4) is 0 Å². The van der Waals surface area contributed by atoms with Gasteiger partial charge in [0.2, 0.25) is 23.6 Å². The highest BCUT2D eigenvalue weighted by atomic mass is 32.1. The number of carbonyl (C=O) groups excluding carboxylic acids is 10. The third-order valence-corrected chi connectivity index (χ3v) is 23.1. The van der Waals surface area contributed by atoms with Crippen molar-refractivity contribution >= 4 is 128 Å². The van der Waals surface area contributed by atoms with Crippen LogP contribution in [0, 0.1) is 5.92 Å². The summed E-state index contributed by atoms with van der Waals surface area (Å²) >= 11 is 4.63. The van der Waals surface area contributed by atoms with E-state index in [0.717, 1.165) is 56.7 Å². The second-order valence-electron chi connectivity index (χ2n) is 25.9. The highest BCUT2D eigenvalue weighted by molar-refractivity contribution is 7.11. The first kappa shape index (κ1) is 77.6. The van der Waals surface area contributed by atoms with Crippen LogP contribution >= 0.6 is 56.7 Å². The molecule has 0 saturated carbocycles. The largest absolute Gasteiger partial charge is 0.455 e. The molecule has 0 aromatic carbocycles. The first-order valence-corrected chi connectivity index (χ1v) is 37.4. The van der Waals surface area contributed by atoms with E-state index >= 15 is 9.59 Å². The number of thiazole rings is 5. The number of pyridine rings is 1. The second-order valence-corrected chi connectivity index (χ2v) is 30.3. The number of amides is 9. The molecular formula is C66H79N17O16S5. The molecule has 104 heavy (non-hydrogen) atoms. The highest BCUT2D eigenvalue weighted by Gasteiger charge is 2.52. The van der Waals surface area contributed by atoms with Gasteiger partial charge in [-0.15, -0.1) is 56.7 Å². The maximum atomic E-state index is 15.2. The van der Waals surface area contributed by atoms with Crippen LogP contribution in [0.2, 0.25) is 0 Å². The molecule has 0 radical (unpaired) electrons. The number of nitrogens with one attached hydrogen (secondary N) is 10. The molecule has 10 rings (SSSR count). The number of carbonyl (C=O) groups is 10. The molecule has 3 unspecified atom stereocenters. The predicted molar refractivity (Wildman–Crippen MR) is 381 cm³/mol. The summed E-state index contributed by atoms with van der Waals surface area (Å²) in [5.74, 6) is -9.65. The Labute approximate surface area is 614 Å². The lowest BCUT2D eigenvalue weighted by Gasteiger charge is -2.46. The van der Waals surface area contributed by atoms with E-state index in [1.54, 1.807) is 31.4 Å². The Hall–Kier alpha value is -9.06. The summed E-state index contributed by atoms with van der Waals surface area (Å²) in [4.78, 5) is 171. The van der Waals surface area contributed by atoms with Crippen LogP contribution in [0.4, 0.5) is 0 Å². The Morgan fingerprint density at radius 2 is 1.38 bits per heavy atom. The molecule has 9 heterocycles. The molecular weight excluding hydrogens is 1450 g/mol. The Balaban J connectivity index is 1.16. The minimum Gasteiger partial charge on any atom is -0.455 e. The maximum Gasteiger partial charge on any atom is 0.357 e. The van der Waals surface area contributed by atoms with Crippen LogP contribution in [0.1, 0.15) is 225 Å². The topological polar surface area (TPSA) is 505 Å². The normalized spacial score (nSPS) is 27.9. The number of fused-ring (bicyclic) bond motifs is 8. The fraction of sp³-hybridized carbons (Fsp3) is 0.455. The summed E-state index contributed by atoms with van der Waals surface area (Å²) < 4.78 is 6.25. The van der Waals surface area contributed by atoms with E-state index in [0.29, 0.717) is 11.4 Å². The number of aliphatic hydroxyl groups excluding tert-OH is 4. The second kappa shape index (κ2) is 31.7. The van der Waals surface area contributed by atoms with Crippen molar-refractivity contribution in [3.63, 3.8) is 0 Å². The van der Waals surface area contributed by atoms with E-state index in [2.05, 4.69) is 79.7 Å². The number of esters is 1. The van der Waals surface area contributed by atoms with Gasteiger partial charge in [0.25, 0.3) is 29.5 Å². The average molecular weight is 1530 g/mol. The Morgan fingerprint density at radius 1 is 0.731 bits per heavy atom. The summed E-state index contributed by atoms with van der Waals surface area (Å²) in [5.41, 5.74) is 0.162. The minimum absolute atomic E-state index is 0.0119. The van der Waals surface area contributed by atoms with Gasteiger partial charge in [-0.1, -0.05) is 45.1 Å². The molecule has 4 aliphatic rings. The van der Waals surface area contributed by atoms with Crippen molar-refractivity contribution in [1.29, 1.82) is 0 Å². The fourth-order valence-corrected chi connectivity index (χ4v) is 16.6. The molecule has 17 atom stereocenters. The van der Waals surface area contributed by atoms with Crippen molar-refractivity contribution in [1.82, 2.24) is 83.1 Å². The molecule has 1 aliphatic carbocycles. The quantitative estimate of drug-likeness (QED) is 0.0766. The van der Waals surface area contributed by atoms with Crippen LogP contribution in [-0.2, 0) is 34.2 Å². The number of hydrogen-bond acceptors (Lipinski definition) is 29. The Kier molecular flexibility index (Phi) is 23.7. The Bertz CT molecular complexity index is 4420. The molecule has 6 aromatic heterocycles. The fourth-order valence-electron chi connectivity index (χ4n) is 11.9. The molecule has 33 nitrogen and oxygen atoms in total. The zero-order valence-corrected chi connectivity index (χ0v) is 61.8. The zero-order valence-electron chi connectivity index (χ0n) is 57.7. The number of primary amides is 1. The van der Waals surface area contributed by atoms with Crippen LogP contribution in [0.3, 0.4) is 0 Å². The first-order chi connectivity index (χ1) is 49.1. The van der Waals surface area contributed by atoms with Crippen molar-refractivity contribution in [2.75, 3.05) is 0 Å². The number of ether oxygens (including phenoxy) is 1. The maximum absolute atomic E-state index is 15.2. The standard InChI is InChI=1S/C66H79N17O16S5/c1-12-24(3)43-57(95)70-26(5)52(90)68-25(4)51(89)69-27(6)53(91)83-66-17-16-36(60-76-39(20-100-60)50(67)88)73-48(66)38-19-102-61(75-38)45(30(9)99-63(97)37-18-33(28(7)84)32-14-15-35(71-43)47(87)46(32)72-37)81-54(92)40-22-103-62(78-40)49(65(11,98)31(10)86)82-56(94)41-21-101-59(77-41)34(13-2)74-58(96)44(29(8)85)80-55(93)42-23-104-64(66)79-42/h13-15,18-24,26-31,35-36,43-45,47-49,71,73,84-87,98H,4,12,16-17H2,1-3,5-11H3,(H2,67,88)(H,68,90)(H,69,89)(H,70,95)(H,74,96)(H,80,93)(H,81,92)(H,82,94)(H,83,91)/b34-13-/t24-,26-,27-,28-,29+,30+,31+,35?,36?,43-,44-,45-,47-,48+,49+,65+,66?/m0/s1. The molecule has 1 fully saturated rings. The summed E-state index contributed by atoms with van der Waals surface area (Å²) in [6, 6.07) is -10.6. The summed E-state index contributed by atoms with van der Waals surface area (Å²) in [6.07, 6.45) is -2.52. The van der Waals surface area contributed by atoms with Gasteiger partial charge in [0.05, 0.1) is 65.3 Å². The molecule has 38 heteroatoms. The molecule has 17 N–H and O–H groups in total. The number of aromatic nitrogens is 6. The molecule has 6 aromatic rings. The van der Waals surface area contributed by atoms with Gasteiger partial charge in [0.15, 0.2) is 0 Å². The van der Waals surface area contributed by atoms with Crippen LogP contribution in [-0.4, -0.2) is 169 Å². The van der Waals surface area contributed by atoms with E-state index in [-0.39, 0.29) is 83.9 Å². The molecule has 3 aliphatic heterocycles. The van der Waals surface area contributed by atoms with E-state index < -0.39 is 172 Å². The smallest absolute Gasteiger partial charge is 0.357 e. The van der Waals surface area contributed by atoms with Crippen molar-refractivity contribution in [2.45, 2.75) is 185 Å². The predicted octanol–water partition coefficient (Wildman–Crippen LogP) is 2.07. The number of aliphatic hydroxyl groups is 5. The van der Waals surface area contributed by atoms with Gasteiger partial charge in [-0.05, 0) is 85.8 Å². The molecule has 13 bridgehead atoms. The third kappa shape index (κ3) is 16.2. The van der Waals surface area contributed by atoms with E-state index in [4.69, 9.17) is 20.4 Å². The number of cyclic esters (lactones) is 1. The highest BCUT2D eigenvalue weighted by Crippen LogP contribution is 2.48. The molecule has 554 valence electrons. The monoisotopic (exact) mass is 1530 g/mol. The number of rotatable bonds is 8. The van der Waals surface area contributed by atoms with Gasteiger partial charge in [0.1, 0.15) is 107 Å². The van der Waals surface area contributed by atoms with Crippen molar-refractivity contribution in [2.24, 2.45) is 11.7 Å². The van der Waals surface area contributed by atoms with E-state index in [1.807, 2.05) is 6.92 Å². The summed E-state index contributed by atoms with van der Waals surface area (Å²) in [6.45, 7) is 18.2. The number of nitrogens with two attached hydrogens (primary N) is 1. The summed E-state index contributed by atoms with van der Waals surface area (Å²) in [5, 5.41) is 93.2. The van der Waals surface area contributed by atoms with Crippen LogP contribution in [0.25, 0.3) is 11.8 Å². The van der Waals surface area contributed by atoms with Gasteiger partial charge in [-0.25, -0.2) is 34.7 Å². The van der Waals surface area contributed by atoms with Crippen LogP contribution in [0.5, 0.6) is 0 Å². The lowest BCUT2D eigenvalue weighted by molar-refractivity contribution is -0.131. The van der Waals surface area contributed by atoms with Gasteiger partial charge in [0, 0.05) is 32.5 Å². The minimum atomic E-state index is -2.20. The average Bonchev–Trinajstić information content (AvgIpc) is 1.43. The number of nitrogens with zero attached hydrogens (tertiary/aromatic N) is 6. The Morgan fingerprint density at radius 3 is 2.06 bits per heavy atom.